The van der Waals surface area contributed by atoms with Gasteiger partial charge in [-0.25, -0.2) is 0 Å². The molecule has 3 heteroatoms. The van der Waals surface area contributed by atoms with Gasteiger partial charge in [0.05, 0.1) is 12.7 Å². The van der Waals surface area contributed by atoms with Gasteiger partial charge in [-0.15, -0.1) is 0 Å². The highest BCUT2D eigenvalue weighted by Gasteiger charge is 2.23. The normalized spacial score (nSPS) is 20.2. The number of benzene rings is 2. The predicted octanol–water partition coefficient (Wildman–Crippen LogP) is 3.21. The van der Waals surface area contributed by atoms with Crippen LogP contribution < -0.4 is 10.1 Å². The minimum absolute atomic E-state index is 0.105. The molecule has 2 aliphatic heterocycles. The van der Waals surface area contributed by atoms with Crippen molar-refractivity contribution in [2.45, 2.75) is 6.10 Å². The van der Waals surface area contributed by atoms with Crippen molar-refractivity contribution in [3.63, 3.8) is 0 Å². The van der Waals surface area contributed by atoms with Crippen LogP contribution in [-0.4, -0.2) is 25.8 Å². The highest BCUT2D eigenvalue weighted by Crippen LogP contribution is 2.43. The number of morpholine rings is 1. The van der Waals surface area contributed by atoms with E-state index >= 15 is 0 Å². The fourth-order valence-electron chi connectivity index (χ4n) is 2.88. The highest BCUT2D eigenvalue weighted by atomic mass is 16.5. The number of hydrogen-bond donors (Lipinski definition) is 1. The Morgan fingerprint density at radius 1 is 0.952 bits per heavy atom. The molecule has 0 bridgehead atoms. The molecular weight excluding hydrogens is 262 g/mol. The molecule has 21 heavy (non-hydrogen) atoms. The smallest absolute Gasteiger partial charge is 0.135 e. The summed E-state index contributed by atoms with van der Waals surface area (Å²) in [5.41, 5.74) is 3.46. The van der Waals surface area contributed by atoms with Crippen molar-refractivity contribution in [3.8, 4) is 11.5 Å². The maximum Gasteiger partial charge on any atom is 0.135 e. The summed E-state index contributed by atoms with van der Waals surface area (Å²) in [5, 5.41) is 3.37. The molecule has 1 saturated heterocycles. The van der Waals surface area contributed by atoms with Gasteiger partial charge in [0.1, 0.15) is 11.5 Å². The molecule has 0 saturated carbocycles. The van der Waals surface area contributed by atoms with Crippen molar-refractivity contribution in [2.24, 2.45) is 0 Å². The van der Waals surface area contributed by atoms with Crippen molar-refractivity contribution >= 4 is 5.57 Å². The van der Waals surface area contributed by atoms with E-state index in [9.17, 15) is 0 Å². The summed E-state index contributed by atoms with van der Waals surface area (Å²) in [6.45, 7) is 2.54. The lowest BCUT2D eigenvalue weighted by Crippen LogP contribution is -2.37. The number of nitrogens with one attached hydrogen (secondary N) is 1. The molecule has 2 aliphatic rings. The molecule has 2 heterocycles. The monoisotopic (exact) mass is 279 g/mol. The molecular formula is C18H17NO2. The third-order valence-corrected chi connectivity index (χ3v) is 3.88. The second-order valence-corrected chi connectivity index (χ2v) is 5.29. The Bertz CT molecular complexity index is 640. The maximum absolute atomic E-state index is 6.00. The van der Waals surface area contributed by atoms with Gasteiger partial charge in [-0.3, -0.25) is 0 Å². The van der Waals surface area contributed by atoms with Crippen molar-refractivity contribution < 1.29 is 9.47 Å². The molecule has 0 aromatic heterocycles. The molecule has 0 spiro atoms. The summed E-state index contributed by atoms with van der Waals surface area (Å²) < 4.78 is 11.8. The molecule has 1 N–H and O–H groups in total. The fourth-order valence-corrected chi connectivity index (χ4v) is 2.88. The van der Waals surface area contributed by atoms with Crippen LogP contribution in [0.1, 0.15) is 11.1 Å². The van der Waals surface area contributed by atoms with Gasteiger partial charge < -0.3 is 14.8 Å². The zero-order valence-electron chi connectivity index (χ0n) is 11.7. The van der Waals surface area contributed by atoms with Gasteiger partial charge in [0.15, 0.2) is 0 Å². The van der Waals surface area contributed by atoms with Crippen LogP contribution in [0.4, 0.5) is 0 Å². The molecule has 2 aromatic carbocycles. The van der Waals surface area contributed by atoms with Gasteiger partial charge in [-0.2, -0.15) is 0 Å². The zero-order chi connectivity index (χ0) is 14.1. The lowest BCUT2D eigenvalue weighted by molar-refractivity contribution is 0.0594. The van der Waals surface area contributed by atoms with Crippen LogP contribution in [-0.2, 0) is 4.74 Å². The quantitative estimate of drug-likeness (QED) is 0.742. The zero-order valence-corrected chi connectivity index (χ0v) is 11.7. The molecule has 1 fully saturated rings. The van der Waals surface area contributed by atoms with Crippen LogP contribution in [0.15, 0.2) is 54.6 Å². The number of para-hydroxylation sites is 2. The molecule has 0 amide bonds. The van der Waals surface area contributed by atoms with Crippen molar-refractivity contribution in [3.05, 3.63) is 65.7 Å². The van der Waals surface area contributed by atoms with Crippen LogP contribution in [0.3, 0.4) is 0 Å². The van der Waals surface area contributed by atoms with E-state index in [2.05, 4.69) is 23.5 Å². The Balaban J connectivity index is 1.83. The first-order chi connectivity index (χ1) is 10.4. The average molecular weight is 279 g/mol. The summed E-state index contributed by atoms with van der Waals surface area (Å²) in [6, 6.07) is 16.3. The van der Waals surface area contributed by atoms with E-state index in [0.717, 1.165) is 42.3 Å². The van der Waals surface area contributed by atoms with Gasteiger partial charge in [-0.1, -0.05) is 36.4 Å². The van der Waals surface area contributed by atoms with Gasteiger partial charge in [0.2, 0.25) is 0 Å². The molecule has 0 aliphatic carbocycles. The van der Waals surface area contributed by atoms with Crippen LogP contribution in [0.25, 0.3) is 5.57 Å². The van der Waals surface area contributed by atoms with Crippen molar-refractivity contribution in [1.29, 1.82) is 0 Å². The maximum atomic E-state index is 6.00. The topological polar surface area (TPSA) is 30.5 Å². The minimum atomic E-state index is 0.105. The second-order valence-electron chi connectivity index (χ2n) is 5.29. The SMILES string of the molecule is C(=C1c2ccccc2Oc2ccccc21)C1CNCCO1. The molecule has 3 nitrogen and oxygen atoms in total. The fraction of sp³-hybridized carbons (Fsp3) is 0.222. The first-order valence-electron chi connectivity index (χ1n) is 7.32. The van der Waals surface area contributed by atoms with E-state index < -0.39 is 0 Å². The lowest BCUT2D eigenvalue weighted by atomic mass is 9.92. The van der Waals surface area contributed by atoms with E-state index in [-0.39, 0.29) is 6.10 Å². The molecule has 106 valence electrons. The first-order valence-corrected chi connectivity index (χ1v) is 7.32. The van der Waals surface area contributed by atoms with Gasteiger partial charge in [0.25, 0.3) is 0 Å². The second kappa shape index (κ2) is 5.35. The Labute approximate surface area is 124 Å². The van der Waals surface area contributed by atoms with Gasteiger partial charge in [0, 0.05) is 24.2 Å². The number of ether oxygens (including phenoxy) is 2. The van der Waals surface area contributed by atoms with Gasteiger partial charge in [-0.05, 0) is 23.8 Å². The summed E-state index contributed by atoms with van der Waals surface area (Å²) in [6.07, 6.45) is 2.32. The van der Waals surface area contributed by atoms with Crippen LogP contribution >= 0.6 is 0 Å². The third kappa shape index (κ3) is 2.35. The molecule has 0 radical (unpaired) electrons. The number of hydrogen-bond acceptors (Lipinski definition) is 3. The number of fused-ring (bicyclic) bond motifs is 2. The summed E-state index contributed by atoms with van der Waals surface area (Å²) in [7, 11) is 0. The van der Waals surface area contributed by atoms with Crippen LogP contribution in [0.5, 0.6) is 11.5 Å². The minimum Gasteiger partial charge on any atom is -0.456 e. The molecule has 2 aromatic rings. The first kappa shape index (κ1) is 12.6. The number of rotatable bonds is 1. The Morgan fingerprint density at radius 3 is 2.24 bits per heavy atom. The summed E-state index contributed by atoms with van der Waals surface area (Å²) >= 11 is 0. The van der Waals surface area contributed by atoms with E-state index in [1.807, 2.05) is 36.4 Å². The van der Waals surface area contributed by atoms with Crippen molar-refractivity contribution in [2.75, 3.05) is 19.7 Å². The van der Waals surface area contributed by atoms with Gasteiger partial charge >= 0.3 is 0 Å². The summed E-state index contributed by atoms with van der Waals surface area (Å²) in [5.74, 6) is 1.82. The van der Waals surface area contributed by atoms with E-state index in [0.29, 0.717) is 0 Å². The Morgan fingerprint density at radius 2 is 1.62 bits per heavy atom. The lowest BCUT2D eigenvalue weighted by Gasteiger charge is -2.26. The highest BCUT2D eigenvalue weighted by molar-refractivity contribution is 5.88. The van der Waals surface area contributed by atoms with Crippen LogP contribution in [0, 0.1) is 0 Å². The average Bonchev–Trinajstić information content (AvgIpc) is 2.55. The summed E-state index contributed by atoms with van der Waals surface area (Å²) in [4.78, 5) is 0. The Kier molecular flexibility index (Phi) is 3.22. The van der Waals surface area contributed by atoms with E-state index in [4.69, 9.17) is 9.47 Å². The molecule has 1 unspecified atom stereocenters. The van der Waals surface area contributed by atoms with Crippen molar-refractivity contribution in [1.82, 2.24) is 5.32 Å². The van der Waals surface area contributed by atoms with E-state index in [1.54, 1.807) is 0 Å². The standard InChI is InChI=1S/C18H17NO2/c1-3-7-17-14(5-1)16(11-13-12-19-9-10-20-13)15-6-2-4-8-18(15)21-17/h1-8,11,13,19H,9-10,12H2. The largest absolute Gasteiger partial charge is 0.456 e. The van der Waals surface area contributed by atoms with E-state index in [1.165, 1.54) is 5.57 Å². The van der Waals surface area contributed by atoms with Crippen LogP contribution in [0.2, 0.25) is 0 Å². The molecule has 4 rings (SSSR count). The third-order valence-electron chi connectivity index (χ3n) is 3.88. The predicted molar refractivity (Wildman–Crippen MR) is 82.6 cm³/mol. The molecule has 1 atom stereocenters. The Hall–Kier alpha value is -2.10.